The number of H-pyrrole nitrogens is 1. The highest BCUT2D eigenvalue weighted by Crippen LogP contribution is 2.27. The van der Waals surface area contributed by atoms with Gasteiger partial charge in [-0.2, -0.15) is 0 Å². The Morgan fingerprint density at radius 1 is 1.39 bits per heavy atom. The highest BCUT2D eigenvalue weighted by Gasteiger charge is 2.20. The summed E-state index contributed by atoms with van der Waals surface area (Å²) in [5.74, 6) is 1.07. The van der Waals surface area contributed by atoms with E-state index in [4.69, 9.17) is 4.74 Å². The van der Waals surface area contributed by atoms with E-state index in [0.29, 0.717) is 22.6 Å². The van der Waals surface area contributed by atoms with Crippen LogP contribution < -0.4 is 15.6 Å². The number of likely N-dealkylation sites (N-methyl/N-ethyl adjacent to an activating group) is 1. The predicted octanol–water partition coefficient (Wildman–Crippen LogP) is 3.24. The molecule has 7 nitrogen and oxygen atoms in total. The number of amides is 1. The number of fused-ring (bicyclic) bond motifs is 1. The average molecular weight is 401 g/mol. The molecule has 28 heavy (non-hydrogen) atoms. The summed E-state index contributed by atoms with van der Waals surface area (Å²) >= 11 is 1.51. The van der Waals surface area contributed by atoms with Gasteiger partial charge >= 0.3 is 0 Å². The van der Waals surface area contributed by atoms with Crippen molar-refractivity contribution >= 4 is 33.1 Å². The number of nitrogens with one attached hydrogen (secondary N) is 2. The molecule has 1 aromatic carbocycles. The predicted molar refractivity (Wildman–Crippen MR) is 112 cm³/mol. The van der Waals surface area contributed by atoms with Crippen LogP contribution >= 0.6 is 11.3 Å². The number of aromatic amines is 1. The summed E-state index contributed by atoms with van der Waals surface area (Å²) < 4.78 is 5.17. The van der Waals surface area contributed by atoms with Crippen molar-refractivity contribution in [2.75, 3.05) is 26.0 Å². The normalized spacial score (nSPS) is 12.4. The Labute approximate surface area is 167 Å². The van der Waals surface area contributed by atoms with Gasteiger partial charge in [0.15, 0.2) is 0 Å². The lowest BCUT2D eigenvalue weighted by atomic mass is 10.2. The molecule has 3 aromatic rings. The van der Waals surface area contributed by atoms with Crippen LogP contribution in [0.5, 0.6) is 5.75 Å². The number of rotatable bonds is 6. The minimum Gasteiger partial charge on any atom is -0.497 e. The van der Waals surface area contributed by atoms with E-state index in [1.807, 2.05) is 44.9 Å². The lowest BCUT2D eigenvalue weighted by molar-refractivity contribution is -0.117. The van der Waals surface area contributed by atoms with E-state index in [9.17, 15) is 9.59 Å². The molecule has 0 saturated carbocycles. The molecule has 0 radical (unpaired) electrons. The molecule has 0 unspecified atom stereocenters. The highest BCUT2D eigenvalue weighted by atomic mass is 32.1. The fraction of sp³-hybridized carbons (Fsp3) is 0.350. The van der Waals surface area contributed by atoms with Crippen molar-refractivity contribution in [3.8, 4) is 5.75 Å². The van der Waals surface area contributed by atoms with Crippen molar-refractivity contribution in [1.82, 2.24) is 14.9 Å². The van der Waals surface area contributed by atoms with E-state index in [-0.39, 0.29) is 24.1 Å². The molecule has 0 spiro atoms. The summed E-state index contributed by atoms with van der Waals surface area (Å²) in [5.41, 5.74) is 1.50. The Morgan fingerprint density at radius 2 is 2.14 bits per heavy atom. The van der Waals surface area contributed by atoms with E-state index >= 15 is 0 Å². The molecule has 0 saturated heterocycles. The molecule has 0 aliphatic heterocycles. The third-order valence-electron chi connectivity index (χ3n) is 4.86. The maximum Gasteiger partial charge on any atom is 0.259 e. The van der Waals surface area contributed by atoms with Gasteiger partial charge in [-0.25, -0.2) is 4.98 Å². The van der Waals surface area contributed by atoms with Crippen molar-refractivity contribution in [3.05, 3.63) is 50.9 Å². The van der Waals surface area contributed by atoms with Crippen molar-refractivity contribution in [3.63, 3.8) is 0 Å². The molecular weight excluding hydrogens is 376 g/mol. The van der Waals surface area contributed by atoms with Crippen molar-refractivity contribution in [1.29, 1.82) is 0 Å². The SMILES string of the molecule is COc1cccc(NC(=O)CN(C)[C@@H](C)c2nc3sc(C)c(C)c3c(=O)[nH]2)c1. The summed E-state index contributed by atoms with van der Waals surface area (Å²) in [6.45, 7) is 5.99. The van der Waals surface area contributed by atoms with E-state index < -0.39 is 0 Å². The first-order valence-corrected chi connectivity index (χ1v) is 9.76. The number of aromatic nitrogens is 2. The van der Waals surface area contributed by atoms with Crippen LogP contribution in [0.3, 0.4) is 0 Å². The number of methoxy groups -OCH3 is 1. The molecule has 2 heterocycles. The number of hydrogen-bond acceptors (Lipinski definition) is 6. The number of thiophene rings is 1. The first-order valence-electron chi connectivity index (χ1n) is 8.94. The van der Waals surface area contributed by atoms with Gasteiger partial charge in [-0.3, -0.25) is 14.5 Å². The molecule has 148 valence electrons. The fourth-order valence-electron chi connectivity index (χ4n) is 2.94. The standard InChI is InChI=1S/C20H24N4O3S/c1-11-13(3)28-20-17(11)19(26)22-18(23-20)12(2)24(4)10-16(25)21-14-7-6-8-15(9-14)27-5/h6-9,12H,10H2,1-5H3,(H,21,25)(H,22,23,26)/t12-/m0/s1. The third-order valence-corrected chi connectivity index (χ3v) is 5.96. The number of hydrogen-bond donors (Lipinski definition) is 2. The van der Waals surface area contributed by atoms with Gasteiger partial charge in [0.1, 0.15) is 16.4 Å². The van der Waals surface area contributed by atoms with Crippen LogP contribution in [0.25, 0.3) is 10.2 Å². The number of aryl methyl sites for hydroxylation is 2. The van der Waals surface area contributed by atoms with Gasteiger partial charge in [0.05, 0.1) is 25.1 Å². The molecule has 2 N–H and O–H groups in total. The summed E-state index contributed by atoms with van der Waals surface area (Å²) in [4.78, 5) is 36.0. The third kappa shape index (κ3) is 4.07. The van der Waals surface area contributed by atoms with Gasteiger partial charge < -0.3 is 15.0 Å². The van der Waals surface area contributed by atoms with Crippen LogP contribution in [0.4, 0.5) is 5.69 Å². The highest BCUT2D eigenvalue weighted by molar-refractivity contribution is 7.18. The lowest BCUT2D eigenvalue weighted by Crippen LogP contribution is -2.33. The number of nitrogens with zero attached hydrogens (tertiary/aromatic N) is 2. The minimum atomic E-state index is -0.226. The monoisotopic (exact) mass is 400 g/mol. The smallest absolute Gasteiger partial charge is 0.259 e. The summed E-state index contributed by atoms with van der Waals surface area (Å²) in [5, 5.41) is 3.50. The van der Waals surface area contributed by atoms with Gasteiger partial charge in [-0.05, 0) is 45.5 Å². The molecule has 1 atom stereocenters. The van der Waals surface area contributed by atoms with Crippen LogP contribution in [-0.2, 0) is 4.79 Å². The maximum absolute atomic E-state index is 12.5. The van der Waals surface area contributed by atoms with Crippen LogP contribution in [-0.4, -0.2) is 41.5 Å². The molecule has 3 rings (SSSR count). The molecule has 1 amide bonds. The maximum atomic E-state index is 12.5. The summed E-state index contributed by atoms with van der Waals surface area (Å²) in [6.07, 6.45) is 0. The number of benzene rings is 1. The first kappa shape index (κ1) is 20.0. The molecule has 2 aromatic heterocycles. The number of anilines is 1. The summed E-state index contributed by atoms with van der Waals surface area (Å²) in [6, 6.07) is 6.97. The quantitative estimate of drug-likeness (QED) is 0.663. The van der Waals surface area contributed by atoms with Crippen LogP contribution in [0.1, 0.15) is 29.2 Å². The number of carbonyl (C=O) groups is 1. The van der Waals surface area contributed by atoms with Crippen LogP contribution in [0.2, 0.25) is 0 Å². The van der Waals surface area contributed by atoms with Gasteiger partial charge in [-0.1, -0.05) is 6.07 Å². The first-order chi connectivity index (χ1) is 13.3. The fourth-order valence-corrected chi connectivity index (χ4v) is 3.98. The van der Waals surface area contributed by atoms with E-state index in [1.54, 1.807) is 19.2 Å². The Kier molecular flexibility index (Phi) is 5.81. The molecular formula is C20H24N4O3S. The number of carbonyl (C=O) groups excluding carboxylic acids is 1. The van der Waals surface area contributed by atoms with E-state index in [2.05, 4.69) is 15.3 Å². The minimum absolute atomic E-state index is 0.136. The van der Waals surface area contributed by atoms with Crippen molar-refractivity contribution < 1.29 is 9.53 Å². The Hall–Kier alpha value is -2.71. The zero-order chi connectivity index (χ0) is 20.4. The van der Waals surface area contributed by atoms with Gasteiger partial charge in [0, 0.05) is 16.6 Å². The second-order valence-electron chi connectivity index (χ2n) is 6.79. The Morgan fingerprint density at radius 3 is 2.86 bits per heavy atom. The Balaban J connectivity index is 1.73. The Bertz CT molecular complexity index is 1070. The molecule has 0 bridgehead atoms. The second kappa shape index (κ2) is 8.12. The molecule has 8 heteroatoms. The zero-order valence-corrected chi connectivity index (χ0v) is 17.4. The molecule has 0 fully saturated rings. The van der Waals surface area contributed by atoms with Crippen molar-refractivity contribution in [2.45, 2.75) is 26.8 Å². The zero-order valence-electron chi connectivity index (χ0n) is 16.6. The summed E-state index contributed by atoms with van der Waals surface area (Å²) in [7, 11) is 3.41. The second-order valence-corrected chi connectivity index (χ2v) is 7.99. The molecule has 0 aliphatic rings. The topological polar surface area (TPSA) is 87.3 Å². The van der Waals surface area contributed by atoms with Gasteiger partial charge in [-0.15, -0.1) is 11.3 Å². The van der Waals surface area contributed by atoms with Crippen LogP contribution in [0, 0.1) is 13.8 Å². The molecule has 0 aliphatic carbocycles. The van der Waals surface area contributed by atoms with Crippen LogP contribution in [0.15, 0.2) is 29.1 Å². The average Bonchev–Trinajstić information content (AvgIpc) is 2.95. The van der Waals surface area contributed by atoms with Gasteiger partial charge in [0.25, 0.3) is 5.56 Å². The van der Waals surface area contributed by atoms with E-state index in [1.165, 1.54) is 11.3 Å². The van der Waals surface area contributed by atoms with Crippen molar-refractivity contribution in [2.24, 2.45) is 0 Å². The number of ether oxygens (including phenoxy) is 1. The van der Waals surface area contributed by atoms with Gasteiger partial charge in [0.2, 0.25) is 5.91 Å². The largest absolute Gasteiger partial charge is 0.497 e. The lowest BCUT2D eigenvalue weighted by Gasteiger charge is -2.23. The van der Waals surface area contributed by atoms with E-state index in [0.717, 1.165) is 15.3 Å².